The Kier molecular flexibility index (Phi) is 6.92. The minimum absolute atomic E-state index is 0.0915. The van der Waals surface area contributed by atoms with Gasteiger partial charge in [-0.2, -0.15) is 0 Å². The normalized spacial score (nSPS) is 21.9. The highest BCUT2D eigenvalue weighted by molar-refractivity contribution is 7.90. The van der Waals surface area contributed by atoms with Crippen LogP contribution in [0.15, 0.2) is 24.3 Å². The van der Waals surface area contributed by atoms with Gasteiger partial charge in [0.05, 0.1) is 4.75 Å². The van der Waals surface area contributed by atoms with E-state index in [-0.39, 0.29) is 6.04 Å². The molecule has 0 bridgehead atoms. The first-order chi connectivity index (χ1) is 11.7. The Labute approximate surface area is 153 Å². The molecule has 0 aromatic heterocycles. The van der Waals surface area contributed by atoms with Gasteiger partial charge >= 0.3 is 0 Å². The lowest BCUT2D eigenvalue weighted by Crippen LogP contribution is -2.46. The van der Waals surface area contributed by atoms with E-state index in [1.165, 1.54) is 17.7 Å². The second-order valence-corrected chi connectivity index (χ2v) is 10.7. The van der Waals surface area contributed by atoms with Crippen LogP contribution in [0.5, 0.6) is 0 Å². The number of benzene rings is 1. The summed E-state index contributed by atoms with van der Waals surface area (Å²) < 4.78 is 26.7. The average Bonchev–Trinajstić information content (AvgIpc) is 2.54. The Morgan fingerprint density at radius 2 is 1.64 bits per heavy atom. The van der Waals surface area contributed by atoms with Crippen molar-refractivity contribution in [1.82, 2.24) is 4.72 Å². The smallest absolute Gasteiger partial charge is 0.216 e. The van der Waals surface area contributed by atoms with E-state index in [9.17, 15) is 8.42 Å². The van der Waals surface area contributed by atoms with Gasteiger partial charge in [0, 0.05) is 18.3 Å². The van der Waals surface area contributed by atoms with Crippen LogP contribution in [-0.4, -0.2) is 25.8 Å². The van der Waals surface area contributed by atoms with Gasteiger partial charge in [0.2, 0.25) is 10.0 Å². The summed E-state index contributed by atoms with van der Waals surface area (Å²) in [6, 6.07) is 8.81. The third-order valence-corrected chi connectivity index (χ3v) is 7.32. The van der Waals surface area contributed by atoms with Gasteiger partial charge in [-0.05, 0) is 76.5 Å². The fourth-order valence-electron chi connectivity index (χ4n) is 3.22. The van der Waals surface area contributed by atoms with E-state index < -0.39 is 14.8 Å². The molecule has 5 heteroatoms. The topological polar surface area (TPSA) is 58.2 Å². The summed E-state index contributed by atoms with van der Waals surface area (Å²) >= 11 is 0. The van der Waals surface area contributed by atoms with Crippen LogP contribution < -0.4 is 10.0 Å². The van der Waals surface area contributed by atoms with E-state index in [1.807, 2.05) is 0 Å². The molecule has 1 aliphatic carbocycles. The van der Waals surface area contributed by atoms with E-state index in [2.05, 4.69) is 41.2 Å². The Bertz CT molecular complexity index is 625. The number of aryl methyl sites for hydroxylation is 1. The molecular formula is C20H34N2O2S. The quantitative estimate of drug-likeness (QED) is 0.755. The van der Waals surface area contributed by atoms with Crippen LogP contribution in [-0.2, 0) is 16.4 Å². The predicted molar refractivity (Wildman–Crippen MR) is 106 cm³/mol. The number of hydrogen-bond donors (Lipinski definition) is 2. The van der Waals surface area contributed by atoms with E-state index in [0.717, 1.165) is 38.6 Å². The van der Waals surface area contributed by atoms with Crippen molar-refractivity contribution in [3.63, 3.8) is 0 Å². The molecule has 0 unspecified atom stereocenters. The first kappa shape index (κ1) is 20.2. The summed E-state index contributed by atoms with van der Waals surface area (Å²) in [6.45, 7) is 8.40. The predicted octanol–water partition coefficient (Wildman–Crippen LogP) is 4.33. The number of hydrogen-bond acceptors (Lipinski definition) is 3. The van der Waals surface area contributed by atoms with Crippen molar-refractivity contribution in [2.24, 2.45) is 5.92 Å². The van der Waals surface area contributed by atoms with Crippen molar-refractivity contribution >= 4 is 15.7 Å². The van der Waals surface area contributed by atoms with Gasteiger partial charge in [0.15, 0.2) is 0 Å². The highest BCUT2D eigenvalue weighted by Gasteiger charge is 2.32. The Morgan fingerprint density at radius 1 is 1.04 bits per heavy atom. The second-order valence-electron chi connectivity index (χ2n) is 8.28. The summed E-state index contributed by atoms with van der Waals surface area (Å²) in [5.41, 5.74) is 2.56. The van der Waals surface area contributed by atoms with Crippen molar-refractivity contribution in [3.05, 3.63) is 29.8 Å². The maximum Gasteiger partial charge on any atom is 0.216 e. The van der Waals surface area contributed by atoms with Crippen LogP contribution in [0.4, 0.5) is 5.69 Å². The molecule has 25 heavy (non-hydrogen) atoms. The highest BCUT2D eigenvalue weighted by atomic mass is 32.2. The maximum absolute atomic E-state index is 12.3. The SMILES string of the molecule is CCCc1ccc(NC[C@H]2CC[C@H](NS(=O)(=O)C(C)(C)C)CC2)cc1. The molecule has 4 nitrogen and oxygen atoms in total. The molecule has 1 aromatic carbocycles. The van der Waals surface area contributed by atoms with Gasteiger partial charge in [-0.25, -0.2) is 13.1 Å². The van der Waals surface area contributed by atoms with Gasteiger partial charge in [-0.1, -0.05) is 25.5 Å². The van der Waals surface area contributed by atoms with E-state index >= 15 is 0 Å². The van der Waals surface area contributed by atoms with Crippen LogP contribution >= 0.6 is 0 Å². The minimum atomic E-state index is -3.24. The second kappa shape index (κ2) is 8.54. The number of nitrogens with one attached hydrogen (secondary N) is 2. The molecule has 1 aromatic rings. The molecule has 1 saturated carbocycles. The van der Waals surface area contributed by atoms with Gasteiger partial charge in [-0.3, -0.25) is 0 Å². The molecule has 0 saturated heterocycles. The Hall–Kier alpha value is -1.07. The van der Waals surface area contributed by atoms with E-state index in [0.29, 0.717) is 5.92 Å². The summed E-state index contributed by atoms with van der Waals surface area (Å²) in [4.78, 5) is 0. The van der Waals surface area contributed by atoms with Crippen LogP contribution in [0.1, 0.15) is 65.4 Å². The summed E-state index contributed by atoms with van der Waals surface area (Å²) in [5.74, 6) is 0.616. The molecule has 0 aliphatic heterocycles. The lowest BCUT2D eigenvalue weighted by Gasteiger charge is -2.31. The third-order valence-electron chi connectivity index (χ3n) is 5.06. The van der Waals surface area contributed by atoms with Crippen LogP contribution in [0, 0.1) is 5.92 Å². The van der Waals surface area contributed by atoms with Crippen molar-refractivity contribution in [1.29, 1.82) is 0 Å². The largest absolute Gasteiger partial charge is 0.385 e. The minimum Gasteiger partial charge on any atom is -0.385 e. The van der Waals surface area contributed by atoms with Gasteiger partial charge in [0.1, 0.15) is 0 Å². The molecule has 1 aliphatic rings. The zero-order valence-corrected chi connectivity index (χ0v) is 17.0. The van der Waals surface area contributed by atoms with E-state index in [4.69, 9.17) is 0 Å². The molecular weight excluding hydrogens is 332 g/mol. The van der Waals surface area contributed by atoms with E-state index in [1.54, 1.807) is 20.8 Å². The molecule has 142 valence electrons. The lowest BCUT2D eigenvalue weighted by molar-refractivity contribution is 0.322. The summed E-state index contributed by atoms with van der Waals surface area (Å²) in [6.07, 6.45) is 6.30. The molecule has 2 rings (SSSR count). The van der Waals surface area contributed by atoms with Crippen LogP contribution in [0.3, 0.4) is 0 Å². The lowest BCUT2D eigenvalue weighted by atomic mass is 9.86. The fraction of sp³-hybridized carbons (Fsp3) is 0.700. The standard InChI is InChI=1S/C20H34N2O2S/c1-5-6-16-7-11-18(12-8-16)21-15-17-9-13-19(14-10-17)22-25(23,24)20(2,3)4/h7-8,11-12,17,19,21-22H,5-6,9-10,13-15H2,1-4H3/t17-,19-. The zero-order valence-electron chi connectivity index (χ0n) is 16.1. The molecule has 0 radical (unpaired) electrons. The van der Waals surface area contributed by atoms with Gasteiger partial charge < -0.3 is 5.32 Å². The van der Waals surface area contributed by atoms with Crippen LogP contribution in [0.2, 0.25) is 0 Å². The highest BCUT2D eigenvalue weighted by Crippen LogP contribution is 2.26. The number of anilines is 1. The number of sulfonamides is 1. The number of rotatable bonds is 7. The average molecular weight is 367 g/mol. The molecule has 1 fully saturated rings. The zero-order chi connectivity index (χ0) is 18.5. The van der Waals surface area contributed by atoms with Gasteiger partial charge in [0.25, 0.3) is 0 Å². The molecule has 2 N–H and O–H groups in total. The fourth-order valence-corrected chi connectivity index (χ4v) is 4.25. The van der Waals surface area contributed by atoms with Crippen LogP contribution in [0.25, 0.3) is 0 Å². The van der Waals surface area contributed by atoms with Crippen molar-refractivity contribution in [3.8, 4) is 0 Å². The summed E-state index contributed by atoms with van der Waals surface area (Å²) in [7, 11) is -3.24. The van der Waals surface area contributed by atoms with Crippen molar-refractivity contribution in [2.45, 2.75) is 77.0 Å². The molecule has 0 atom stereocenters. The monoisotopic (exact) mass is 366 g/mol. The summed E-state index contributed by atoms with van der Waals surface area (Å²) in [5, 5.41) is 3.53. The van der Waals surface area contributed by atoms with Gasteiger partial charge in [-0.15, -0.1) is 0 Å². The first-order valence-electron chi connectivity index (χ1n) is 9.56. The Morgan fingerprint density at radius 3 is 2.16 bits per heavy atom. The molecule has 0 heterocycles. The third kappa shape index (κ3) is 6.00. The van der Waals surface area contributed by atoms with Crippen molar-refractivity contribution < 1.29 is 8.42 Å². The van der Waals surface area contributed by atoms with Crippen molar-refractivity contribution in [2.75, 3.05) is 11.9 Å². The Balaban J connectivity index is 1.75. The first-order valence-corrected chi connectivity index (χ1v) is 11.0. The molecule has 0 spiro atoms. The maximum atomic E-state index is 12.3. The molecule has 0 amide bonds.